The van der Waals surface area contributed by atoms with E-state index >= 15 is 0 Å². The molecule has 0 spiro atoms. The van der Waals surface area contributed by atoms with E-state index in [1.165, 1.54) is 10.4 Å². The van der Waals surface area contributed by atoms with E-state index in [4.69, 9.17) is 9.47 Å². The van der Waals surface area contributed by atoms with Crippen LogP contribution < -0.4 is 10.1 Å². The Morgan fingerprint density at radius 1 is 1.10 bits per heavy atom. The molecule has 31 heavy (non-hydrogen) atoms. The van der Waals surface area contributed by atoms with Gasteiger partial charge in [-0.1, -0.05) is 24.3 Å². The first-order valence-corrected chi connectivity index (χ1v) is 10.4. The second-order valence-corrected chi connectivity index (χ2v) is 7.23. The number of tetrazole rings is 1. The quantitative estimate of drug-likeness (QED) is 0.595. The minimum Gasteiger partial charge on any atom is -0.494 e. The first-order chi connectivity index (χ1) is 15.2. The molecule has 2 aromatic carbocycles. The number of hydrogen-bond donors (Lipinski definition) is 1. The molecule has 0 radical (unpaired) electrons. The van der Waals surface area contributed by atoms with Gasteiger partial charge >= 0.3 is 0 Å². The topological polar surface area (TPSA) is 94.4 Å². The molecule has 0 aliphatic carbocycles. The highest BCUT2D eigenvalue weighted by Gasteiger charge is 2.12. The summed E-state index contributed by atoms with van der Waals surface area (Å²) < 4.78 is 10.8. The summed E-state index contributed by atoms with van der Waals surface area (Å²) >= 11 is 0. The molecule has 9 nitrogen and oxygen atoms in total. The van der Waals surface area contributed by atoms with Gasteiger partial charge in [-0.05, 0) is 42.0 Å². The smallest absolute Gasteiger partial charge is 0.248 e. The van der Waals surface area contributed by atoms with Crippen molar-refractivity contribution >= 4 is 11.6 Å². The predicted molar refractivity (Wildman–Crippen MR) is 116 cm³/mol. The molecule has 1 aliphatic rings. The van der Waals surface area contributed by atoms with Crippen molar-refractivity contribution in [3.8, 4) is 17.1 Å². The summed E-state index contributed by atoms with van der Waals surface area (Å²) in [5, 5.41) is 15.2. The van der Waals surface area contributed by atoms with E-state index in [1.807, 2.05) is 31.2 Å². The SMILES string of the molecule is CCOc1ccc(NC(=O)Cn2nnc(-c3ccc(CN4CCOCC4)cc3)n2)cc1. The van der Waals surface area contributed by atoms with Crippen molar-refractivity contribution < 1.29 is 14.3 Å². The lowest BCUT2D eigenvalue weighted by molar-refractivity contribution is -0.117. The zero-order valence-electron chi connectivity index (χ0n) is 17.5. The highest BCUT2D eigenvalue weighted by atomic mass is 16.5. The molecule has 1 saturated heterocycles. The van der Waals surface area contributed by atoms with E-state index in [1.54, 1.807) is 12.1 Å². The summed E-state index contributed by atoms with van der Waals surface area (Å²) in [6.07, 6.45) is 0. The van der Waals surface area contributed by atoms with Crippen LogP contribution in [0.1, 0.15) is 12.5 Å². The Morgan fingerprint density at radius 3 is 2.55 bits per heavy atom. The molecule has 0 bridgehead atoms. The van der Waals surface area contributed by atoms with Crippen LogP contribution in [0.15, 0.2) is 48.5 Å². The molecule has 0 unspecified atom stereocenters. The van der Waals surface area contributed by atoms with E-state index in [0.29, 0.717) is 18.1 Å². The first-order valence-electron chi connectivity index (χ1n) is 10.4. The van der Waals surface area contributed by atoms with Crippen LogP contribution in [0.4, 0.5) is 5.69 Å². The predicted octanol–water partition coefficient (Wildman–Crippen LogP) is 2.21. The molecule has 1 fully saturated rings. The van der Waals surface area contributed by atoms with Crippen LogP contribution in [-0.4, -0.2) is 63.9 Å². The van der Waals surface area contributed by atoms with Gasteiger partial charge in [-0.15, -0.1) is 10.2 Å². The normalized spacial score (nSPS) is 14.4. The zero-order valence-corrected chi connectivity index (χ0v) is 17.5. The van der Waals surface area contributed by atoms with Gasteiger partial charge in [0.15, 0.2) is 0 Å². The fourth-order valence-electron chi connectivity index (χ4n) is 3.33. The second-order valence-electron chi connectivity index (χ2n) is 7.23. The van der Waals surface area contributed by atoms with Gasteiger partial charge in [-0.2, -0.15) is 4.80 Å². The number of rotatable bonds is 8. The van der Waals surface area contributed by atoms with E-state index in [9.17, 15) is 4.79 Å². The standard InChI is InChI=1S/C22H26N6O3/c1-2-31-20-9-7-19(8-10-20)23-21(29)16-28-25-22(24-26-28)18-5-3-17(4-6-18)15-27-11-13-30-14-12-27/h3-10H,2,11-16H2,1H3,(H,23,29). The number of carbonyl (C=O) groups is 1. The second kappa shape index (κ2) is 10.1. The molecule has 2 heterocycles. The Kier molecular flexibility index (Phi) is 6.85. The lowest BCUT2D eigenvalue weighted by atomic mass is 10.1. The van der Waals surface area contributed by atoms with Crippen molar-refractivity contribution in [3.05, 3.63) is 54.1 Å². The van der Waals surface area contributed by atoms with Crippen LogP contribution in [0.5, 0.6) is 5.75 Å². The van der Waals surface area contributed by atoms with Crippen LogP contribution in [0.2, 0.25) is 0 Å². The number of nitrogens with zero attached hydrogens (tertiary/aromatic N) is 5. The van der Waals surface area contributed by atoms with E-state index in [-0.39, 0.29) is 12.5 Å². The Balaban J connectivity index is 1.31. The summed E-state index contributed by atoms with van der Waals surface area (Å²) in [7, 11) is 0. The minimum absolute atomic E-state index is 0.0185. The molecule has 1 aliphatic heterocycles. The number of nitrogens with one attached hydrogen (secondary N) is 1. The van der Waals surface area contributed by atoms with Gasteiger partial charge < -0.3 is 14.8 Å². The van der Waals surface area contributed by atoms with Gasteiger partial charge in [0, 0.05) is 30.9 Å². The Morgan fingerprint density at radius 2 is 1.84 bits per heavy atom. The van der Waals surface area contributed by atoms with Crippen molar-refractivity contribution in [2.24, 2.45) is 0 Å². The van der Waals surface area contributed by atoms with Gasteiger partial charge in [-0.25, -0.2) is 0 Å². The van der Waals surface area contributed by atoms with Crippen molar-refractivity contribution in [1.29, 1.82) is 0 Å². The summed E-state index contributed by atoms with van der Waals surface area (Å²) in [5.74, 6) is 1.03. The third-order valence-corrected chi connectivity index (χ3v) is 4.91. The molecule has 0 atom stereocenters. The average Bonchev–Trinajstić information content (AvgIpc) is 3.25. The number of aromatic nitrogens is 4. The molecule has 0 saturated carbocycles. The number of carbonyl (C=O) groups excluding carboxylic acids is 1. The average molecular weight is 422 g/mol. The Hall–Kier alpha value is -3.30. The third kappa shape index (κ3) is 5.87. The highest BCUT2D eigenvalue weighted by Crippen LogP contribution is 2.17. The lowest BCUT2D eigenvalue weighted by Gasteiger charge is -2.26. The maximum Gasteiger partial charge on any atom is 0.248 e. The third-order valence-electron chi connectivity index (χ3n) is 4.91. The van der Waals surface area contributed by atoms with Gasteiger partial charge in [-0.3, -0.25) is 9.69 Å². The number of ether oxygens (including phenoxy) is 2. The Bertz CT molecular complexity index is 981. The van der Waals surface area contributed by atoms with Crippen LogP contribution in [0, 0.1) is 0 Å². The Labute approximate surface area is 181 Å². The van der Waals surface area contributed by atoms with Crippen LogP contribution in [-0.2, 0) is 22.6 Å². The van der Waals surface area contributed by atoms with Crippen LogP contribution >= 0.6 is 0 Å². The van der Waals surface area contributed by atoms with Crippen LogP contribution in [0.25, 0.3) is 11.4 Å². The van der Waals surface area contributed by atoms with E-state index in [2.05, 4.69) is 37.8 Å². The minimum atomic E-state index is -0.228. The maximum absolute atomic E-state index is 12.3. The summed E-state index contributed by atoms with van der Waals surface area (Å²) in [6.45, 7) is 6.89. The molecular weight excluding hydrogens is 396 g/mol. The maximum atomic E-state index is 12.3. The lowest BCUT2D eigenvalue weighted by Crippen LogP contribution is -2.35. The zero-order chi connectivity index (χ0) is 21.5. The highest BCUT2D eigenvalue weighted by molar-refractivity contribution is 5.90. The number of benzene rings is 2. The molecule has 9 heteroatoms. The van der Waals surface area contributed by atoms with Crippen molar-refractivity contribution in [3.63, 3.8) is 0 Å². The largest absolute Gasteiger partial charge is 0.494 e. The number of hydrogen-bond acceptors (Lipinski definition) is 7. The molecular formula is C22H26N6O3. The van der Waals surface area contributed by atoms with Crippen molar-refractivity contribution in [2.75, 3.05) is 38.2 Å². The summed E-state index contributed by atoms with van der Waals surface area (Å²) in [5.41, 5.74) is 2.78. The molecule has 3 aromatic rings. The van der Waals surface area contributed by atoms with Gasteiger partial charge in [0.2, 0.25) is 11.7 Å². The number of amides is 1. The van der Waals surface area contributed by atoms with Gasteiger partial charge in [0.25, 0.3) is 0 Å². The summed E-state index contributed by atoms with van der Waals surface area (Å²) in [4.78, 5) is 16.0. The number of morpholine rings is 1. The van der Waals surface area contributed by atoms with Gasteiger partial charge in [0.1, 0.15) is 12.3 Å². The molecule has 4 rings (SSSR count). The fourth-order valence-corrected chi connectivity index (χ4v) is 3.33. The van der Waals surface area contributed by atoms with Crippen molar-refractivity contribution in [2.45, 2.75) is 20.0 Å². The van der Waals surface area contributed by atoms with Crippen molar-refractivity contribution in [1.82, 2.24) is 25.1 Å². The molecule has 162 valence electrons. The van der Waals surface area contributed by atoms with Crippen LogP contribution in [0.3, 0.4) is 0 Å². The fraction of sp³-hybridized carbons (Fsp3) is 0.364. The molecule has 1 amide bonds. The molecule has 1 N–H and O–H groups in total. The van der Waals surface area contributed by atoms with E-state index in [0.717, 1.165) is 44.2 Å². The first kappa shape index (κ1) is 21.0. The summed E-state index contributed by atoms with van der Waals surface area (Å²) in [6, 6.07) is 15.3. The van der Waals surface area contributed by atoms with Gasteiger partial charge in [0.05, 0.1) is 19.8 Å². The monoisotopic (exact) mass is 422 g/mol. The molecule has 1 aromatic heterocycles. The van der Waals surface area contributed by atoms with E-state index < -0.39 is 0 Å². The number of anilines is 1.